The van der Waals surface area contributed by atoms with E-state index in [1.807, 2.05) is 45.9 Å². The summed E-state index contributed by atoms with van der Waals surface area (Å²) in [6, 6.07) is 7.28. The van der Waals surface area contributed by atoms with Crippen molar-refractivity contribution in [1.29, 1.82) is 0 Å². The Morgan fingerprint density at radius 2 is 1.91 bits per heavy atom. The van der Waals surface area contributed by atoms with Crippen LogP contribution >= 0.6 is 11.6 Å². The third-order valence-electron chi connectivity index (χ3n) is 5.97. The second-order valence-electron chi connectivity index (χ2n) is 8.39. The number of halogens is 1. The van der Waals surface area contributed by atoms with E-state index in [0.29, 0.717) is 43.4 Å². The van der Waals surface area contributed by atoms with Crippen LogP contribution in [0.4, 0.5) is 0 Å². The van der Waals surface area contributed by atoms with Crippen molar-refractivity contribution in [1.82, 2.24) is 0 Å². The Morgan fingerprint density at radius 1 is 1.15 bits per heavy atom. The number of benzene rings is 1. The Bertz CT molecular complexity index is 743. The van der Waals surface area contributed by atoms with E-state index in [1.54, 1.807) is 12.1 Å². The molecule has 1 N–H and O–H groups in total. The van der Waals surface area contributed by atoms with Crippen LogP contribution in [-0.2, 0) is 23.7 Å². The molecule has 1 aromatic rings. The molecule has 8 atom stereocenters. The van der Waals surface area contributed by atoms with Crippen LogP contribution in [0.3, 0.4) is 0 Å². The van der Waals surface area contributed by atoms with E-state index in [0.717, 1.165) is 0 Å². The van der Waals surface area contributed by atoms with Crippen LogP contribution in [0, 0.1) is 11.8 Å². The molecule has 1 saturated carbocycles. The van der Waals surface area contributed by atoms with Crippen molar-refractivity contribution in [3.63, 3.8) is 0 Å². The first-order valence-corrected chi connectivity index (χ1v) is 12.2. The van der Waals surface area contributed by atoms with Crippen molar-refractivity contribution in [2.24, 2.45) is 11.8 Å². The zero-order chi connectivity index (χ0) is 23.8. The number of fused-ring (bicyclic) bond motifs is 1. The Hall–Kier alpha value is -1.19. The molecule has 186 valence electrons. The molecule has 3 rings (SSSR count). The van der Waals surface area contributed by atoms with Gasteiger partial charge in [0.1, 0.15) is 18.5 Å². The van der Waals surface area contributed by atoms with Gasteiger partial charge in [0, 0.05) is 37.0 Å². The molecule has 1 aliphatic heterocycles. The molecular formula is C25H37ClO7. The minimum Gasteiger partial charge on any atom is -0.490 e. The quantitative estimate of drug-likeness (QED) is 0.325. The molecule has 2 fully saturated rings. The molecule has 7 nitrogen and oxygen atoms in total. The number of aliphatic hydroxyl groups excluding tert-OH is 1. The van der Waals surface area contributed by atoms with Crippen molar-refractivity contribution in [3.05, 3.63) is 41.4 Å². The minimum absolute atomic E-state index is 0.0297. The fourth-order valence-corrected chi connectivity index (χ4v) is 4.80. The highest BCUT2D eigenvalue weighted by atomic mass is 35.5. The maximum Gasteiger partial charge on any atom is 0.155 e. The van der Waals surface area contributed by atoms with Crippen LogP contribution in [0.15, 0.2) is 36.4 Å². The molecule has 0 aromatic heterocycles. The fraction of sp³-hybridized carbons (Fsp3) is 0.680. The maximum absolute atomic E-state index is 10.0. The van der Waals surface area contributed by atoms with Gasteiger partial charge in [-0.3, -0.25) is 0 Å². The average Bonchev–Trinajstić information content (AvgIpc) is 3.26. The van der Waals surface area contributed by atoms with E-state index in [1.165, 1.54) is 0 Å². The van der Waals surface area contributed by atoms with Crippen molar-refractivity contribution < 1.29 is 33.5 Å². The summed E-state index contributed by atoms with van der Waals surface area (Å²) >= 11 is 6.07. The molecule has 1 heterocycles. The van der Waals surface area contributed by atoms with Gasteiger partial charge in [-0.05, 0) is 51.8 Å². The lowest BCUT2D eigenvalue weighted by atomic mass is 9.91. The van der Waals surface area contributed by atoms with Gasteiger partial charge < -0.3 is 33.5 Å². The molecule has 0 spiro atoms. The molecule has 3 unspecified atom stereocenters. The second kappa shape index (κ2) is 13.0. The first-order chi connectivity index (χ1) is 15.9. The summed E-state index contributed by atoms with van der Waals surface area (Å²) in [7, 11) is 0. The average molecular weight is 485 g/mol. The standard InChI is InChI=1S/C25H37ClO7/c1-5-28-16(3)31-20(15-30-19-9-7-8-18(26)12-19)10-11-21-22-13-25(27)33-24(22)14-23(21)32-17(4)29-6-2/h7-12,16-17,20-25,27H,5-6,13-15H2,1-4H3/b11-10+/t16?,17?,20-,21-,22-,23-,24+,25?/m1/s1. The van der Waals surface area contributed by atoms with Gasteiger partial charge in [-0.15, -0.1) is 0 Å². The molecule has 0 radical (unpaired) electrons. The van der Waals surface area contributed by atoms with Crippen molar-refractivity contribution in [3.8, 4) is 5.75 Å². The molecule has 2 aliphatic rings. The Kier molecular flexibility index (Phi) is 10.4. The predicted molar refractivity (Wildman–Crippen MR) is 125 cm³/mol. The summed E-state index contributed by atoms with van der Waals surface area (Å²) < 4.78 is 35.1. The summed E-state index contributed by atoms with van der Waals surface area (Å²) in [5.41, 5.74) is 0. The van der Waals surface area contributed by atoms with Crippen LogP contribution in [0.25, 0.3) is 0 Å². The lowest BCUT2D eigenvalue weighted by Gasteiger charge is -2.25. The zero-order valence-corrected chi connectivity index (χ0v) is 20.6. The van der Waals surface area contributed by atoms with Crippen LogP contribution in [0.1, 0.15) is 40.5 Å². The van der Waals surface area contributed by atoms with Gasteiger partial charge in [-0.1, -0.05) is 29.8 Å². The summed E-state index contributed by atoms with van der Waals surface area (Å²) in [5, 5.41) is 10.6. The number of rotatable bonds is 13. The molecule has 1 saturated heterocycles. The van der Waals surface area contributed by atoms with Crippen molar-refractivity contribution in [2.45, 2.75) is 77.7 Å². The second-order valence-corrected chi connectivity index (χ2v) is 8.83. The van der Waals surface area contributed by atoms with Crippen LogP contribution in [0.2, 0.25) is 5.02 Å². The van der Waals surface area contributed by atoms with Crippen LogP contribution in [-0.4, -0.2) is 62.1 Å². The number of ether oxygens (including phenoxy) is 6. The summed E-state index contributed by atoms with van der Waals surface area (Å²) in [4.78, 5) is 0. The van der Waals surface area contributed by atoms with E-state index in [-0.39, 0.29) is 42.7 Å². The maximum atomic E-state index is 10.0. The molecular weight excluding hydrogens is 448 g/mol. The SMILES string of the molecule is CCOC(C)O[C@H](/C=C/[C@@H]1[C@H]2CC(O)O[C@H]2C[C@H]1OC(C)OCC)COc1cccc(Cl)c1. The number of aliphatic hydroxyl groups is 1. The molecule has 8 heteroatoms. The summed E-state index contributed by atoms with van der Waals surface area (Å²) in [6.07, 6.45) is 3.55. The van der Waals surface area contributed by atoms with Crippen LogP contribution < -0.4 is 4.74 Å². The molecule has 0 bridgehead atoms. The summed E-state index contributed by atoms with van der Waals surface area (Å²) in [6.45, 7) is 9.09. The zero-order valence-electron chi connectivity index (χ0n) is 19.9. The molecule has 1 aliphatic carbocycles. The Morgan fingerprint density at radius 3 is 2.64 bits per heavy atom. The lowest BCUT2D eigenvalue weighted by molar-refractivity contribution is -0.169. The number of hydrogen-bond acceptors (Lipinski definition) is 7. The Balaban J connectivity index is 1.71. The van der Waals surface area contributed by atoms with Gasteiger partial charge in [-0.25, -0.2) is 0 Å². The minimum atomic E-state index is -0.725. The van der Waals surface area contributed by atoms with E-state index in [2.05, 4.69) is 6.08 Å². The van der Waals surface area contributed by atoms with Crippen molar-refractivity contribution in [2.75, 3.05) is 19.8 Å². The Labute approximate surface area is 201 Å². The van der Waals surface area contributed by atoms with Gasteiger partial charge >= 0.3 is 0 Å². The van der Waals surface area contributed by atoms with Gasteiger partial charge in [0.25, 0.3) is 0 Å². The normalized spacial score (nSPS) is 29.8. The molecule has 33 heavy (non-hydrogen) atoms. The first kappa shape index (κ1) is 26.4. The fourth-order valence-electron chi connectivity index (χ4n) is 4.62. The lowest BCUT2D eigenvalue weighted by Crippen LogP contribution is -2.29. The van der Waals surface area contributed by atoms with Crippen molar-refractivity contribution >= 4 is 11.6 Å². The predicted octanol–water partition coefficient (Wildman–Crippen LogP) is 4.55. The van der Waals surface area contributed by atoms with Gasteiger partial charge in [0.05, 0.1) is 12.2 Å². The van der Waals surface area contributed by atoms with Gasteiger partial charge in [-0.2, -0.15) is 0 Å². The molecule has 0 amide bonds. The first-order valence-electron chi connectivity index (χ1n) is 11.8. The smallest absolute Gasteiger partial charge is 0.155 e. The van der Waals surface area contributed by atoms with E-state index in [4.69, 9.17) is 40.0 Å². The largest absolute Gasteiger partial charge is 0.490 e. The third kappa shape index (κ3) is 7.92. The monoisotopic (exact) mass is 484 g/mol. The highest BCUT2D eigenvalue weighted by molar-refractivity contribution is 6.30. The molecule has 1 aromatic carbocycles. The van der Waals surface area contributed by atoms with Crippen LogP contribution in [0.5, 0.6) is 5.75 Å². The van der Waals surface area contributed by atoms with Gasteiger partial charge in [0.2, 0.25) is 0 Å². The van der Waals surface area contributed by atoms with Gasteiger partial charge in [0.15, 0.2) is 18.9 Å². The van der Waals surface area contributed by atoms with E-state index >= 15 is 0 Å². The van der Waals surface area contributed by atoms with E-state index in [9.17, 15) is 5.11 Å². The highest BCUT2D eigenvalue weighted by Gasteiger charge is 2.49. The topological polar surface area (TPSA) is 75.6 Å². The third-order valence-corrected chi connectivity index (χ3v) is 6.20. The summed E-state index contributed by atoms with van der Waals surface area (Å²) in [5.74, 6) is 0.914. The highest BCUT2D eigenvalue weighted by Crippen LogP contribution is 2.45. The number of hydrogen-bond donors (Lipinski definition) is 1. The van der Waals surface area contributed by atoms with E-state index < -0.39 is 6.29 Å².